The Balaban J connectivity index is 1.80. The first kappa shape index (κ1) is 13.9. The van der Waals surface area contributed by atoms with Crippen molar-refractivity contribution in [3.63, 3.8) is 0 Å². The van der Waals surface area contributed by atoms with Gasteiger partial charge in [-0.3, -0.25) is 0 Å². The molecule has 2 aromatic rings. The highest BCUT2D eigenvalue weighted by Gasteiger charge is 2.36. The maximum atomic E-state index is 6.16. The average Bonchev–Trinajstić information content (AvgIpc) is 3.03. The van der Waals surface area contributed by atoms with Crippen molar-refractivity contribution in [2.45, 2.75) is 25.2 Å². The van der Waals surface area contributed by atoms with Crippen molar-refractivity contribution in [3.8, 4) is 0 Å². The monoisotopic (exact) mass is 311 g/mol. The normalized spacial score (nSPS) is 22.4. The van der Waals surface area contributed by atoms with Crippen LogP contribution >= 0.6 is 23.2 Å². The molecule has 2 heterocycles. The molecule has 1 aromatic heterocycles. The molecule has 1 unspecified atom stereocenters. The number of rotatable bonds is 3. The second-order valence-corrected chi connectivity index (χ2v) is 6.26. The minimum absolute atomic E-state index is 0.0605. The van der Waals surface area contributed by atoms with E-state index in [1.165, 1.54) is 0 Å². The Bertz CT molecular complexity index is 621. The topological polar surface area (TPSA) is 51.0 Å². The zero-order valence-electron chi connectivity index (χ0n) is 11.1. The highest BCUT2D eigenvalue weighted by Crippen LogP contribution is 2.29. The van der Waals surface area contributed by atoms with Crippen LogP contribution in [0.3, 0.4) is 0 Å². The Morgan fingerprint density at radius 2 is 2.25 bits per heavy atom. The van der Waals surface area contributed by atoms with Crippen LogP contribution in [0, 0.1) is 0 Å². The first-order chi connectivity index (χ1) is 9.57. The summed E-state index contributed by atoms with van der Waals surface area (Å²) < 4.78 is 5.42. The van der Waals surface area contributed by atoms with Gasteiger partial charge in [-0.25, -0.2) is 0 Å². The van der Waals surface area contributed by atoms with E-state index in [-0.39, 0.29) is 5.41 Å². The van der Waals surface area contributed by atoms with Crippen LogP contribution < -0.4 is 5.32 Å². The molecule has 1 fully saturated rings. The van der Waals surface area contributed by atoms with E-state index >= 15 is 0 Å². The molecule has 1 saturated heterocycles. The number of halogens is 2. The molecular formula is C14H15Cl2N3O. The van der Waals surface area contributed by atoms with Gasteiger partial charge < -0.3 is 9.84 Å². The number of hydrogen-bond acceptors (Lipinski definition) is 4. The van der Waals surface area contributed by atoms with E-state index < -0.39 is 0 Å². The van der Waals surface area contributed by atoms with E-state index in [1.54, 1.807) is 6.07 Å². The average molecular weight is 312 g/mol. The molecule has 1 N–H and O–H groups in total. The second-order valence-electron chi connectivity index (χ2n) is 5.42. The molecule has 0 saturated carbocycles. The van der Waals surface area contributed by atoms with Crippen LogP contribution in [-0.2, 0) is 11.8 Å². The lowest BCUT2D eigenvalue weighted by molar-refractivity contribution is 0.304. The van der Waals surface area contributed by atoms with Crippen molar-refractivity contribution < 1.29 is 4.52 Å². The highest BCUT2D eigenvalue weighted by molar-refractivity contribution is 6.35. The van der Waals surface area contributed by atoms with Gasteiger partial charge in [0.2, 0.25) is 5.89 Å². The van der Waals surface area contributed by atoms with Gasteiger partial charge in [0.25, 0.3) is 0 Å². The van der Waals surface area contributed by atoms with Gasteiger partial charge in [0, 0.05) is 23.0 Å². The Labute approximate surface area is 127 Å². The van der Waals surface area contributed by atoms with Gasteiger partial charge in [-0.05, 0) is 37.6 Å². The largest absolute Gasteiger partial charge is 0.339 e. The summed E-state index contributed by atoms with van der Waals surface area (Å²) in [5.41, 5.74) is 0.882. The standard InChI is InChI=1S/C14H15Cl2N3O/c1-14(4-5-17-8-14)13-18-12(19-20-13)6-9-2-3-10(15)7-11(9)16/h2-3,7,17H,4-6,8H2,1H3. The fourth-order valence-electron chi connectivity index (χ4n) is 2.41. The van der Waals surface area contributed by atoms with Gasteiger partial charge in [-0.2, -0.15) is 4.98 Å². The molecule has 0 radical (unpaired) electrons. The third-order valence-corrected chi connectivity index (χ3v) is 4.30. The van der Waals surface area contributed by atoms with E-state index in [0.29, 0.717) is 28.2 Å². The summed E-state index contributed by atoms with van der Waals surface area (Å²) in [6.45, 7) is 3.99. The van der Waals surface area contributed by atoms with Crippen molar-refractivity contribution in [1.29, 1.82) is 0 Å². The van der Waals surface area contributed by atoms with Gasteiger partial charge in [0.1, 0.15) is 0 Å². The molecule has 0 spiro atoms. The number of nitrogens with zero attached hydrogens (tertiary/aromatic N) is 2. The lowest BCUT2D eigenvalue weighted by Crippen LogP contribution is -2.25. The summed E-state index contributed by atoms with van der Waals surface area (Å²) in [4.78, 5) is 4.51. The van der Waals surface area contributed by atoms with E-state index in [4.69, 9.17) is 27.7 Å². The second kappa shape index (κ2) is 5.35. The van der Waals surface area contributed by atoms with Crippen molar-refractivity contribution in [3.05, 3.63) is 45.5 Å². The number of aromatic nitrogens is 2. The van der Waals surface area contributed by atoms with Crippen molar-refractivity contribution in [2.24, 2.45) is 0 Å². The van der Waals surface area contributed by atoms with Crippen LogP contribution in [0.4, 0.5) is 0 Å². The van der Waals surface area contributed by atoms with Gasteiger partial charge in [-0.15, -0.1) is 0 Å². The number of benzene rings is 1. The lowest BCUT2D eigenvalue weighted by atomic mass is 9.90. The molecule has 20 heavy (non-hydrogen) atoms. The summed E-state index contributed by atoms with van der Waals surface area (Å²) in [5.74, 6) is 1.35. The van der Waals surface area contributed by atoms with Crippen molar-refractivity contribution >= 4 is 23.2 Å². The summed E-state index contributed by atoms with van der Waals surface area (Å²) in [6.07, 6.45) is 1.55. The molecule has 0 bridgehead atoms. The molecule has 1 aromatic carbocycles. The van der Waals surface area contributed by atoms with Crippen molar-refractivity contribution in [1.82, 2.24) is 15.5 Å². The van der Waals surface area contributed by atoms with Crippen LogP contribution in [-0.4, -0.2) is 23.2 Å². The zero-order valence-corrected chi connectivity index (χ0v) is 12.6. The summed E-state index contributed by atoms with van der Waals surface area (Å²) >= 11 is 12.0. The number of hydrogen-bond donors (Lipinski definition) is 1. The van der Waals surface area contributed by atoms with Crippen LogP contribution in [0.2, 0.25) is 10.0 Å². The predicted octanol–water partition coefficient (Wildman–Crippen LogP) is 3.22. The SMILES string of the molecule is CC1(c2nc(Cc3ccc(Cl)cc3Cl)no2)CCNC1. The van der Waals surface area contributed by atoms with Gasteiger partial charge in [0.15, 0.2) is 5.82 Å². The van der Waals surface area contributed by atoms with Gasteiger partial charge in [0.05, 0.1) is 5.41 Å². The summed E-state index contributed by atoms with van der Waals surface area (Å²) in [7, 11) is 0. The molecule has 1 atom stereocenters. The molecule has 1 aliphatic heterocycles. The van der Waals surface area contributed by atoms with Gasteiger partial charge in [-0.1, -0.05) is 34.4 Å². The first-order valence-corrected chi connectivity index (χ1v) is 7.30. The van der Waals surface area contributed by atoms with E-state index in [0.717, 1.165) is 25.1 Å². The Morgan fingerprint density at radius 1 is 1.40 bits per heavy atom. The predicted molar refractivity (Wildman–Crippen MR) is 78.4 cm³/mol. The third-order valence-electron chi connectivity index (χ3n) is 3.72. The van der Waals surface area contributed by atoms with E-state index in [9.17, 15) is 0 Å². The van der Waals surface area contributed by atoms with Crippen molar-refractivity contribution in [2.75, 3.05) is 13.1 Å². The maximum Gasteiger partial charge on any atom is 0.233 e. The molecule has 4 nitrogen and oxygen atoms in total. The molecular weight excluding hydrogens is 297 g/mol. The minimum Gasteiger partial charge on any atom is -0.339 e. The smallest absolute Gasteiger partial charge is 0.233 e. The maximum absolute atomic E-state index is 6.16. The molecule has 0 amide bonds. The fraction of sp³-hybridized carbons (Fsp3) is 0.429. The van der Waals surface area contributed by atoms with Crippen LogP contribution in [0.5, 0.6) is 0 Å². The molecule has 6 heteroatoms. The van der Waals surface area contributed by atoms with E-state index in [1.807, 2.05) is 12.1 Å². The minimum atomic E-state index is -0.0605. The fourth-order valence-corrected chi connectivity index (χ4v) is 2.88. The van der Waals surface area contributed by atoms with Crippen LogP contribution in [0.25, 0.3) is 0 Å². The first-order valence-electron chi connectivity index (χ1n) is 6.54. The molecule has 106 valence electrons. The Hall–Kier alpha value is -1.10. The van der Waals surface area contributed by atoms with E-state index in [2.05, 4.69) is 22.4 Å². The zero-order chi connectivity index (χ0) is 14.2. The quantitative estimate of drug-likeness (QED) is 0.945. The highest BCUT2D eigenvalue weighted by atomic mass is 35.5. The lowest BCUT2D eigenvalue weighted by Gasteiger charge is -2.15. The Morgan fingerprint density at radius 3 is 2.95 bits per heavy atom. The molecule has 1 aliphatic rings. The molecule has 0 aliphatic carbocycles. The van der Waals surface area contributed by atoms with Crippen LogP contribution in [0.15, 0.2) is 22.7 Å². The summed E-state index contributed by atoms with van der Waals surface area (Å²) in [5, 5.41) is 8.63. The Kier molecular flexibility index (Phi) is 3.71. The van der Waals surface area contributed by atoms with Crippen LogP contribution in [0.1, 0.15) is 30.6 Å². The summed E-state index contributed by atoms with van der Waals surface area (Å²) in [6, 6.07) is 5.42. The number of nitrogens with one attached hydrogen (secondary N) is 1. The van der Waals surface area contributed by atoms with Gasteiger partial charge >= 0.3 is 0 Å². The third kappa shape index (κ3) is 2.68. The molecule has 3 rings (SSSR count).